The summed E-state index contributed by atoms with van der Waals surface area (Å²) in [5, 5.41) is 19.7. The van der Waals surface area contributed by atoms with Gasteiger partial charge in [0.25, 0.3) is 0 Å². The molecule has 0 bridgehead atoms. The van der Waals surface area contributed by atoms with Gasteiger partial charge in [-0.15, -0.1) is 0 Å². The number of benzene rings is 2. The lowest BCUT2D eigenvalue weighted by molar-refractivity contribution is 0.0697. The maximum Gasteiger partial charge on any atom is 0.412 e. The van der Waals surface area contributed by atoms with E-state index in [0.717, 1.165) is 29.9 Å². The fourth-order valence-corrected chi connectivity index (χ4v) is 3.23. The molecule has 0 unspecified atom stereocenters. The first-order valence-corrected chi connectivity index (χ1v) is 10.3. The number of hydrogen-bond acceptors (Lipinski definition) is 6. The number of amides is 1. The zero-order chi connectivity index (χ0) is 23.3. The molecule has 2 aromatic carbocycles. The highest BCUT2D eigenvalue weighted by atomic mass is 16.5. The molecule has 0 spiro atoms. The second kappa shape index (κ2) is 9.95. The number of carboxylic acids is 1. The second-order valence-corrected chi connectivity index (χ2v) is 7.49. The molecule has 0 radical (unpaired) electrons. The van der Waals surface area contributed by atoms with Crippen LogP contribution in [0, 0.1) is 5.41 Å². The Labute approximate surface area is 186 Å². The highest BCUT2D eigenvalue weighted by Gasteiger charge is 2.14. The standard InChI is InChI=1S/C23H27N5O4/c1-4-5-12-32-23(31)26-21(24)15-6-9-17(10-7-15)27(2)14-20-25-18-13-16(22(29)30)8-11-19(18)28(20)3/h6-11,13H,4-5,12,14H2,1-3H3,(H,29,30)(H2,24,26,31). The van der Waals surface area contributed by atoms with Crippen molar-refractivity contribution in [3.05, 3.63) is 59.4 Å². The van der Waals surface area contributed by atoms with Crippen molar-refractivity contribution in [3.63, 3.8) is 0 Å². The van der Waals surface area contributed by atoms with Crippen LogP contribution in [-0.2, 0) is 18.3 Å². The molecule has 3 aromatic rings. The van der Waals surface area contributed by atoms with Crippen molar-refractivity contribution in [2.75, 3.05) is 18.6 Å². The van der Waals surface area contributed by atoms with E-state index < -0.39 is 12.1 Å². The molecular formula is C23H27N5O4. The number of aryl methyl sites for hydroxylation is 1. The number of aromatic carboxylic acids is 1. The maximum atomic E-state index is 11.7. The Morgan fingerprint density at radius 2 is 1.88 bits per heavy atom. The number of amidine groups is 1. The molecule has 9 heteroatoms. The Morgan fingerprint density at radius 1 is 1.19 bits per heavy atom. The SMILES string of the molecule is CCCCOC(=O)NC(=N)c1ccc(N(C)Cc2nc3cc(C(=O)O)ccc3n2C)cc1. The van der Waals surface area contributed by atoms with Gasteiger partial charge in [-0.05, 0) is 48.9 Å². The Kier molecular flexibility index (Phi) is 7.09. The van der Waals surface area contributed by atoms with Gasteiger partial charge >= 0.3 is 12.1 Å². The first-order chi connectivity index (χ1) is 15.3. The Balaban J connectivity index is 1.66. The van der Waals surface area contributed by atoms with Crippen molar-refractivity contribution in [2.45, 2.75) is 26.3 Å². The second-order valence-electron chi connectivity index (χ2n) is 7.49. The average Bonchev–Trinajstić information content (AvgIpc) is 3.08. The smallest absolute Gasteiger partial charge is 0.412 e. The fraction of sp³-hybridized carbons (Fsp3) is 0.304. The molecule has 168 valence electrons. The number of rotatable bonds is 8. The largest absolute Gasteiger partial charge is 0.478 e. The van der Waals surface area contributed by atoms with Crippen LogP contribution in [0.3, 0.4) is 0 Å². The fourth-order valence-electron chi connectivity index (χ4n) is 3.23. The normalized spacial score (nSPS) is 10.7. The van der Waals surface area contributed by atoms with Gasteiger partial charge in [0, 0.05) is 25.3 Å². The van der Waals surface area contributed by atoms with Crippen LogP contribution >= 0.6 is 0 Å². The lowest BCUT2D eigenvalue weighted by Crippen LogP contribution is -2.31. The molecule has 0 aliphatic carbocycles. The highest BCUT2D eigenvalue weighted by molar-refractivity contribution is 6.04. The van der Waals surface area contributed by atoms with Gasteiger partial charge in [0.15, 0.2) is 0 Å². The molecule has 1 amide bonds. The number of carbonyl (C=O) groups is 2. The van der Waals surface area contributed by atoms with Crippen LogP contribution in [0.5, 0.6) is 0 Å². The number of unbranched alkanes of at least 4 members (excludes halogenated alkanes) is 1. The van der Waals surface area contributed by atoms with Gasteiger partial charge in [-0.3, -0.25) is 10.7 Å². The zero-order valence-corrected chi connectivity index (χ0v) is 18.4. The number of fused-ring (bicyclic) bond motifs is 1. The van der Waals surface area contributed by atoms with E-state index in [1.54, 1.807) is 30.3 Å². The Bertz CT molecular complexity index is 1140. The summed E-state index contributed by atoms with van der Waals surface area (Å²) in [5.74, 6) is -0.214. The van der Waals surface area contributed by atoms with Gasteiger partial charge in [0.2, 0.25) is 0 Å². The zero-order valence-electron chi connectivity index (χ0n) is 18.4. The third-order valence-electron chi connectivity index (χ3n) is 5.15. The predicted molar refractivity (Wildman–Crippen MR) is 122 cm³/mol. The van der Waals surface area contributed by atoms with E-state index >= 15 is 0 Å². The highest BCUT2D eigenvalue weighted by Crippen LogP contribution is 2.20. The topological polar surface area (TPSA) is 121 Å². The Hall–Kier alpha value is -3.88. The lowest BCUT2D eigenvalue weighted by atomic mass is 10.2. The van der Waals surface area contributed by atoms with Gasteiger partial charge in [0.05, 0.1) is 29.7 Å². The maximum absolute atomic E-state index is 11.7. The molecule has 1 aromatic heterocycles. The van der Waals surface area contributed by atoms with E-state index in [0.29, 0.717) is 24.2 Å². The van der Waals surface area contributed by atoms with Crippen molar-refractivity contribution in [1.29, 1.82) is 5.41 Å². The number of hydrogen-bond donors (Lipinski definition) is 3. The lowest BCUT2D eigenvalue weighted by Gasteiger charge is -2.19. The Morgan fingerprint density at radius 3 is 2.53 bits per heavy atom. The summed E-state index contributed by atoms with van der Waals surface area (Å²) < 4.78 is 6.96. The molecule has 0 saturated carbocycles. The van der Waals surface area contributed by atoms with Crippen LogP contribution < -0.4 is 10.2 Å². The number of ether oxygens (including phenoxy) is 1. The molecule has 0 atom stereocenters. The number of alkyl carbamates (subject to hydrolysis) is 1. The first kappa shape index (κ1) is 22.8. The number of carboxylic acid groups (broad SMARTS) is 1. The van der Waals surface area contributed by atoms with Gasteiger partial charge in [-0.25, -0.2) is 14.6 Å². The molecule has 9 nitrogen and oxygen atoms in total. The quantitative estimate of drug-likeness (QED) is 0.280. The molecule has 1 heterocycles. The van der Waals surface area contributed by atoms with Crippen LogP contribution in [0.15, 0.2) is 42.5 Å². The van der Waals surface area contributed by atoms with E-state index in [2.05, 4.69) is 10.3 Å². The van der Waals surface area contributed by atoms with E-state index in [1.165, 1.54) is 0 Å². The minimum atomic E-state index is -0.981. The summed E-state index contributed by atoms with van der Waals surface area (Å²) in [6, 6.07) is 12.1. The van der Waals surface area contributed by atoms with Gasteiger partial charge in [0.1, 0.15) is 11.7 Å². The predicted octanol–water partition coefficient (Wildman–Crippen LogP) is 3.76. The van der Waals surface area contributed by atoms with Gasteiger partial charge < -0.3 is 19.3 Å². The number of imidazole rings is 1. The van der Waals surface area contributed by atoms with E-state index in [-0.39, 0.29) is 11.4 Å². The molecular weight excluding hydrogens is 410 g/mol. The minimum Gasteiger partial charge on any atom is -0.478 e. The summed E-state index contributed by atoms with van der Waals surface area (Å²) in [6.45, 7) is 2.85. The van der Waals surface area contributed by atoms with Crippen LogP contribution in [0.1, 0.15) is 41.5 Å². The third-order valence-corrected chi connectivity index (χ3v) is 5.15. The van der Waals surface area contributed by atoms with Gasteiger partial charge in [-0.1, -0.05) is 13.3 Å². The van der Waals surface area contributed by atoms with E-state index in [9.17, 15) is 14.7 Å². The van der Waals surface area contributed by atoms with Gasteiger partial charge in [-0.2, -0.15) is 0 Å². The van der Waals surface area contributed by atoms with Crippen LogP contribution in [0.2, 0.25) is 0 Å². The number of aromatic nitrogens is 2. The number of carbonyl (C=O) groups excluding carboxylic acids is 1. The average molecular weight is 438 g/mol. The summed E-state index contributed by atoms with van der Waals surface area (Å²) >= 11 is 0. The van der Waals surface area contributed by atoms with Crippen molar-refractivity contribution in [3.8, 4) is 0 Å². The van der Waals surface area contributed by atoms with Crippen molar-refractivity contribution in [2.24, 2.45) is 7.05 Å². The number of nitrogens with zero attached hydrogens (tertiary/aromatic N) is 3. The summed E-state index contributed by atoms with van der Waals surface area (Å²) in [4.78, 5) is 29.5. The number of anilines is 1. The van der Waals surface area contributed by atoms with E-state index in [1.807, 2.05) is 42.6 Å². The molecule has 0 fully saturated rings. The van der Waals surface area contributed by atoms with Crippen LogP contribution in [-0.4, -0.2) is 46.2 Å². The first-order valence-electron chi connectivity index (χ1n) is 10.3. The summed E-state index contributed by atoms with van der Waals surface area (Å²) in [7, 11) is 3.82. The molecule has 0 aliphatic rings. The third kappa shape index (κ3) is 5.23. The number of nitrogens with one attached hydrogen (secondary N) is 2. The van der Waals surface area contributed by atoms with Crippen LogP contribution in [0.4, 0.5) is 10.5 Å². The van der Waals surface area contributed by atoms with Crippen molar-refractivity contribution in [1.82, 2.24) is 14.9 Å². The monoisotopic (exact) mass is 437 g/mol. The minimum absolute atomic E-state index is 0.0229. The summed E-state index contributed by atoms with van der Waals surface area (Å²) in [5.41, 5.74) is 3.18. The molecule has 3 N–H and O–H groups in total. The molecule has 0 aliphatic heterocycles. The molecule has 32 heavy (non-hydrogen) atoms. The van der Waals surface area contributed by atoms with Crippen LogP contribution in [0.25, 0.3) is 11.0 Å². The summed E-state index contributed by atoms with van der Waals surface area (Å²) in [6.07, 6.45) is 1.09. The molecule has 3 rings (SSSR count). The molecule has 0 saturated heterocycles. The van der Waals surface area contributed by atoms with Crippen molar-refractivity contribution >= 4 is 34.6 Å². The van der Waals surface area contributed by atoms with Crippen molar-refractivity contribution < 1.29 is 19.4 Å². The van der Waals surface area contributed by atoms with E-state index in [4.69, 9.17) is 10.1 Å².